The second kappa shape index (κ2) is 77.5. The monoisotopic (exact) mass is 1370 g/mol. The van der Waals surface area contributed by atoms with Gasteiger partial charge in [0.05, 0.1) is 25.4 Å². The number of aliphatic hydroxyl groups excluding tert-OH is 5. The Morgan fingerprint density at radius 3 is 0.804 bits per heavy atom. The van der Waals surface area contributed by atoms with Crippen LogP contribution in [0.1, 0.15) is 489 Å². The van der Waals surface area contributed by atoms with E-state index in [0.717, 1.165) is 38.5 Å². The molecule has 9 nitrogen and oxygen atoms in total. The fourth-order valence-corrected chi connectivity index (χ4v) is 15.0. The first-order valence-electron chi connectivity index (χ1n) is 44.4. The predicted molar refractivity (Wildman–Crippen MR) is 420 cm³/mol. The molecule has 7 unspecified atom stereocenters. The van der Waals surface area contributed by atoms with Crippen LogP contribution in [0.15, 0.2) is 12.2 Å². The fraction of sp³-hybridized carbons (Fsp3) is 0.966. The van der Waals surface area contributed by atoms with Crippen molar-refractivity contribution in [3.05, 3.63) is 12.2 Å². The molecule has 0 saturated carbocycles. The molecule has 1 aliphatic heterocycles. The number of rotatable bonds is 81. The van der Waals surface area contributed by atoms with Crippen LogP contribution >= 0.6 is 0 Å². The minimum atomic E-state index is -1.57. The third-order valence-electron chi connectivity index (χ3n) is 21.9. The number of carbonyl (C=O) groups is 1. The molecule has 9 heteroatoms. The van der Waals surface area contributed by atoms with Gasteiger partial charge in [-0.2, -0.15) is 0 Å². The zero-order valence-corrected chi connectivity index (χ0v) is 65.4. The largest absolute Gasteiger partial charge is 0.394 e. The highest BCUT2D eigenvalue weighted by atomic mass is 16.7. The number of unbranched alkanes of at least 4 members (excludes halogenated alkanes) is 71. The molecule has 0 spiro atoms. The summed E-state index contributed by atoms with van der Waals surface area (Å²) < 4.78 is 11.4. The van der Waals surface area contributed by atoms with Crippen LogP contribution in [0.3, 0.4) is 0 Å². The van der Waals surface area contributed by atoms with E-state index in [-0.39, 0.29) is 12.5 Å². The predicted octanol–water partition coefficient (Wildman–Crippen LogP) is 26.1. The van der Waals surface area contributed by atoms with Crippen molar-refractivity contribution < 1.29 is 39.8 Å². The molecule has 0 radical (unpaired) electrons. The molecule has 97 heavy (non-hydrogen) atoms. The van der Waals surface area contributed by atoms with Gasteiger partial charge in [-0.15, -0.1) is 0 Å². The maximum absolute atomic E-state index is 13.2. The van der Waals surface area contributed by atoms with Crippen LogP contribution in [0.5, 0.6) is 0 Å². The first-order valence-corrected chi connectivity index (χ1v) is 44.4. The lowest BCUT2D eigenvalue weighted by Crippen LogP contribution is -2.60. The molecule has 7 atom stereocenters. The van der Waals surface area contributed by atoms with Gasteiger partial charge in [0.2, 0.25) is 5.91 Å². The SMILES string of the molecule is CCCCCCCCCCCCCCCCCCCCCCCCCCCCCCCCC/C=C/C(O)C(COC1OC(CO)C(O)C(O)C1O)NC(=O)CCCCCCCCCCCCCCCCCCCCCCCCCCCCCCCCCCCCCCCCCCC. The summed E-state index contributed by atoms with van der Waals surface area (Å²) in [6.45, 7) is 3.87. The van der Waals surface area contributed by atoms with Gasteiger partial charge in [0, 0.05) is 6.42 Å². The molecule has 0 aromatic carbocycles. The molecule has 1 fully saturated rings. The Bertz CT molecular complexity index is 1550. The second-order valence-corrected chi connectivity index (χ2v) is 31.4. The topological polar surface area (TPSA) is 149 Å². The molecule has 0 bridgehead atoms. The number of allylic oxidation sites excluding steroid dienone is 1. The van der Waals surface area contributed by atoms with Crippen LogP contribution in [0.2, 0.25) is 0 Å². The summed E-state index contributed by atoms with van der Waals surface area (Å²) in [6.07, 6.45) is 97.0. The molecular weight excluding hydrogens is 1200 g/mol. The molecule has 6 N–H and O–H groups in total. The standard InChI is InChI=1S/C88H173NO8/c1-3-5-7-9-11-13-15-17-19-21-23-25-27-29-31-33-35-37-38-39-40-41-42-43-44-46-48-50-52-54-56-58-60-62-64-66-68-70-72-74-76-78-84(92)89-81(80-96-88-87(95)86(94)85(93)83(79-90)97-88)82(91)77-75-73-71-69-67-65-63-61-59-57-55-53-51-49-47-45-36-34-32-30-28-26-24-22-20-18-16-14-12-10-8-6-4-2/h75,77,81-83,85-88,90-91,93-95H,3-74,76,78-80H2,1-2H3,(H,89,92)/b77-75+. The number of ether oxygens (including phenoxy) is 2. The van der Waals surface area contributed by atoms with Crippen molar-refractivity contribution >= 4 is 5.91 Å². The van der Waals surface area contributed by atoms with Gasteiger partial charge in [-0.1, -0.05) is 475 Å². The van der Waals surface area contributed by atoms with Gasteiger partial charge in [0.15, 0.2) is 6.29 Å². The Labute approximate surface area is 605 Å². The zero-order chi connectivity index (χ0) is 69.9. The molecule has 1 rings (SSSR count). The number of amides is 1. The van der Waals surface area contributed by atoms with Crippen molar-refractivity contribution in [2.45, 2.75) is 532 Å². The minimum absolute atomic E-state index is 0.164. The lowest BCUT2D eigenvalue weighted by molar-refractivity contribution is -0.302. The van der Waals surface area contributed by atoms with Crippen molar-refractivity contribution in [2.24, 2.45) is 0 Å². The van der Waals surface area contributed by atoms with Gasteiger partial charge in [0.1, 0.15) is 24.4 Å². The highest BCUT2D eigenvalue weighted by molar-refractivity contribution is 5.76. The smallest absolute Gasteiger partial charge is 0.220 e. The van der Waals surface area contributed by atoms with E-state index in [9.17, 15) is 30.3 Å². The molecule has 1 aliphatic rings. The summed E-state index contributed by atoms with van der Waals surface area (Å²) in [5.41, 5.74) is 0. The molecule has 0 aromatic rings. The number of hydrogen-bond acceptors (Lipinski definition) is 8. The van der Waals surface area contributed by atoms with Gasteiger partial charge >= 0.3 is 0 Å². The quantitative estimate of drug-likeness (QED) is 0.0261. The Kier molecular flexibility index (Phi) is 75.1. The summed E-state index contributed by atoms with van der Waals surface area (Å²) in [5, 5.41) is 55.0. The highest BCUT2D eigenvalue weighted by Crippen LogP contribution is 2.25. The van der Waals surface area contributed by atoms with Crippen molar-refractivity contribution in [3.8, 4) is 0 Å². The normalized spacial score (nSPS) is 17.3. The third kappa shape index (κ3) is 65.4. The molecule has 1 heterocycles. The third-order valence-corrected chi connectivity index (χ3v) is 21.9. The highest BCUT2D eigenvalue weighted by Gasteiger charge is 2.44. The number of aliphatic hydroxyl groups is 5. The van der Waals surface area contributed by atoms with Crippen molar-refractivity contribution in [2.75, 3.05) is 13.2 Å². The summed E-state index contributed by atoms with van der Waals surface area (Å²) in [7, 11) is 0. The fourth-order valence-electron chi connectivity index (χ4n) is 15.0. The summed E-state index contributed by atoms with van der Waals surface area (Å²) in [5.74, 6) is -0.164. The average Bonchev–Trinajstić information content (AvgIpc) is 0.873. The first kappa shape index (κ1) is 93.9. The van der Waals surface area contributed by atoms with Crippen LogP contribution in [-0.2, 0) is 14.3 Å². The number of carbonyl (C=O) groups excluding carboxylic acids is 1. The molecule has 0 aliphatic carbocycles. The van der Waals surface area contributed by atoms with E-state index in [1.165, 1.54) is 430 Å². The van der Waals surface area contributed by atoms with E-state index >= 15 is 0 Å². The first-order chi connectivity index (χ1) is 47.8. The van der Waals surface area contributed by atoms with E-state index in [2.05, 4.69) is 19.2 Å². The summed E-state index contributed by atoms with van der Waals surface area (Å²) in [6, 6.07) is -0.804. The Hall–Kier alpha value is -1.07. The van der Waals surface area contributed by atoms with Crippen molar-refractivity contribution in [1.29, 1.82) is 0 Å². The summed E-state index contributed by atoms with van der Waals surface area (Å²) >= 11 is 0. The van der Waals surface area contributed by atoms with E-state index < -0.39 is 49.5 Å². The van der Waals surface area contributed by atoms with Crippen LogP contribution in [-0.4, -0.2) is 87.5 Å². The molecular formula is C88H173NO8. The Morgan fingerprint density at radius 1 is 0.340 bits per heavy atom. The van der Waals surface area contributed by atoms with Crippen LogP contribution in [0.4, 0.5) is 0 Å². The van der Waals surface area contributed by atoms with E-state index in [1.54, 1.807) is 6.08 Å². The second-order valence-electron chi connectivity index (χ2n) is 31.4. The van der Waals surface area contributed by atoms with Gasteiger partial charge < -0.3 is 40.3 Å². The number of nitrogens with one attached hydrogen (secondary N) is 1. The lowest BCUT2D eigenvalue weighted by atomic mass is 9.99. The Balaban J connectivity index is 2.01. The van der Waals surface area contributed by atoms with Gasteiger partial charge in [-0.05, 0) is 19.3 Å². The maximum atomic E-state index is 13.2. The molecule has 578 valence electrons. The maximum Gasteiger partial charge on any atom is 0.220 e. The van der Waals surface area contributed by atoms with Crippen molar-refractivity contribution in [1.82, 2.24) is 5.32 Å². The molecule has 0 aromatic heterocycles. The van der Waals surface area contributed by atoms with Gasteiger partial charge in [-0.3, -0.25) is 4.79 Å². The van der Waals surface area contributed by atoms with E-state index in [4.69, 9.17) is 9.47 Å². The van der Waals surface area contributed by atoms with Crippen LogP contribution in [0.25, 0.3) is 0 Å². The van der Waals surface area contributed by atoms with E-state index in [1.807, 2.05) is 6.08 Å². The van der Waals surface area contributed by atoms with E-state index in [0.29, 0.717) is 6.42 Å². The van der Waals surface area contributed by atoms with Crippen LogP contribution < -0.4 is 5.32 Å². The zero-order valence-electron chi connectivity index (χ0n) is 65.4. The minimum Gasteiger partial charge on any atom is -0.394 e. The summed E-state index contributed by atoms with van der Waals surface area (Å²) in [4.78, 5) is 13.2. The number of hydrogen-bond donors (Lipinski definition) is 6. The Morgan fingerprint density at radius 2 is 0.567 bits per heavy atom. The van der Waals surface area contributed by atoms with Gasteiger partial charge in [-0.25, -0.2) is 0 Å². The average molecular weight is 1370 g/mol. The van der Waals surface area contributed by atoms with Crippen molar-refractivity contribution in [3.63, 3.8) is 0 Å². The van der Waals surface area contributed by atoms with Gasteiger partial charge in [0.25, 0.3) is 0 Å². The molecule has 1 amide bonds. The van der Waals surface area contributed by atoms with Crippen LogP contribution in [0, 0.1) is 0 Å². The lowest BCUT2D eigenvalue weighted by Gasteiger charge is -2.40. The molecule has 1 saturated heterocycles.